The molecule has 0 bridgehead atoms. The van der Waals surface area contributed by atoms with E-state index in [1.165, 1.54) is 0 Å². The van der Waals surface area contributed by atoms with Crippen LogP contribution in [0.2, 0.25) is 0 Å². The molecule has 0 aromatic heterocycles. The van der Waals surface area contributed by atoms with Gasteiger partial charge in [-0.2, -0.15) is 0 Å². The Kier molecular flexibility index (Phi) is 5.13. The Morgan fingerprint density at radius 2 is 1.84 bits per heavy atom. The highest BCUT2D eigenvalue weighted by Crippen LogP contribution is 2.57. The lowest BCUT2D eigenvalue weighted by Gasteiger charge is -2.24. The molecule has 1 aliphatic heterocycles. The van der Waals surface area contributed by atoms with E-state index in [9.17, 15) is 13.2 Å². The summed E-state index contributed by atoms with van der Waals surface area (Å²) >= 11 is 0. The van der Waals surface area contributed by atoms with Crippen LogP contribution in [0.1, 0.15) is 32.3 Å². The third kappa shape index (κ3) is 3.83. The number of nitrogens with two attached hydrogens (primary N) is 1. The average Bonchev–Trinajstić information content (AvgIpc) is 3.13. The molecule has 3 atom stereocenters. The fourth-order valence-electron chi connectivity index (χ4n) is 4.13. The number of fused-ring (bicyclic) bond motifs is 1. The predicted octanol–water partition coefficient (Wildman–Crippen LogP) is 2.58. The third-order valence-corrected chi connectivity index (χ3v) is 7.78. The van der Waals surface area contributed by atoms with Crippen LogP contribution in [0.4, 0.5) is 4.79 Å². The van der Waals surface area contributed by atoms with Gasteiger partial charge in [-0.05, 0) is 50.6 Å². The molecule has 0 radical (unpaired) electrons. The molecular formula is C22H26N2O6S. The zero-order chi connectivity index (χ0) is 22.4. The Morgan fingerprint density at radius 1 is 1.16 bits per heavy atom. The van der Waals surface area contributed by atoms with E-state index in [4.69, 9.17) is 19.9 Å². The number of rotatable bonds is 5. The molecule has 8 nitrogen and oxygen atoms in total. The molecule has 2 aromatic rings. The molecule has 1 saturated carbocycles. The summed E-state index contributed by atoms with van der Waals surface area (Å²) in [6.07, 6.45) is -0.713. The van der Waals surface area contributed by atoms with E-state index in [0.717, 1.165) is 0 Å². The second kappa shape index (κ2) is 7.42. The summed E-state index contributed by atoms with van der Waals surface area (Å²) in [6.45, 7) is 5.24. The minimum atomic E-state index is -3.81. The summed E-state index contributed by atoms with van der Waals surface area (Å²) in [5.74, 6) is 0.540. The molecule has 1 heterocycles. The Hall–Kier alpha value is -2.78. The van der Waals surface area contributed by atoms with Crippen molar-refractivity contribution in [3.05, 3.63) is 54.1 Å². The fourth-order valence-corrected chi connectivity index (χ4v) is 6.50. The van der Waals surface area contributed by atoms with Crippen molar-refractivity contribution in [1.82, 2.24) is 5.32 Å². The molecule has 2 aliphatic rings. The number of amides is 1. The Labute approximate surface area is 181 Å². The predicted molar refractivity (Wildman–Crippen MR) is 114 cm³/mol. The minimum absolute atomic E-state index is 0.0813. The van der Waals surface area contributed by atoms with E-state index >= 15 is 0 Å². The first kappa shape index (κ1) is 21.5. The highest BCUT2D eigenvalue weighted by Gasteiger charge is 2.72. The van der Waals surface area contributed by atoms with Gasteiger partial charge < -0.3 is 25.3 Å². The van der Waals surface area contributed by atoms with Crippen molar-refractivity contribution in [2.24, 2.45) is 5.73 Å². The second-order valence-electron chi connectivity index (χ2n) is 8.74. The number of ether oxygens (including phenoxy) is 3. The van der Waals surface area contributed by atoms with Crippen molar-refractivity contribution < 1.29 is 27.4 Å². The number of hydrogen-bond donors (Lipinski definition) is 2. The molecule has 9 heteroatoms. The van der Waals surface area contributed by atoms with Gasteiger partial charge in [0.1, 0.15) is 10.9 Å². The molecule has 166 valence electrons. The molecule has 1 fully saturated rings. The van der Waals surface area contributed by atoms with E-state index in [1.807, 2.05) is 0 Å². The minimum Gasteiger partial charge on any atom is -0.454 e. The lowest BCUT2D eigenvalue weighted by molar-refractivity contribution is 0.0497. The van der Waals surface area contributed by atoms with Gasteiger partial charge in [-0.1, -0.05) is 24.3 Å². The summed E-state index contributed by atoms with van der Waals surface area (Å²) in [6, 6.07) is 13.4. The molecule has 3 N–H and O–H groups in total. The number of alkyl carbamates (subject to hydrolysis) is 1. The largest absolute Gasteiger partial charge is 0.454 e. The van der Waals surface area contributed by atoms with Gasteiger partial charge >= 0.3 is 6.09 Å². The normalized spacial score (nSPS) is 24.5. The zero-order valence-corrected chi connectivity index (χ0v) is 18.4. The van der Waals surface area contributed by atoms with Crippen LogP contribution < -0.4 is 20.5 Å². The van der Waals surface area contributed by atoms with Crippen molar-refractivity contribution in [3.63, 3.8) is 0 Å². The van der Waals surface area contributed by atoms with Crippen LogP contribution in [0.25, 0.3) is 0 Å². The maximum Gasteiger partial charge on any atom is 0.408 e. The van der Waals surface area contributed by atoms with Gasteiger partial charge in [0.2, 0.25) is 6.79 Å². The van der Waals surface area contributed by atoms with Crippen LogP contribution in [0, 0.1) is 0 Å². The second-order valence-corrected chi connectivity index (χ2v) is 10.8. The molecule has 1 aliphatic carbocycles. The van der Waals surface area contributed by atoms with E-state index in [-0.39, 0.29) is 18.2 Å². The van der Waals surface area contributed by atoms with Crippen LogP contribution in [-0.4, -0.2) is 44.2 Å². The van der Waals surface area contributed by atoms with E-state index < -0.39 is 38.2 Å². The first-order valence-electron chi connectivity index (χ1n) is 9.98. The summed E-state index contributed by atoms with van der Waals surface area (Å²) < 4.78 is 43.3. The topological polar surface area (TPSA) is 117 Å². The Bertz CT molecular complexity index is 1100. The third-order valence-electron chi connectivity index (χ3n) is 5.49. The molecule has 4 rings (SSSR count). The molecule has 31 heavy (non-hydrogen) atoms. The van der Waals surface area contributed by atoms with Gasteiger partial charge in [0.05, 0.1) is 10.4 Å². The highest BCUT2D eigenvalue weighted by molar-refractivity contribution is 7.92. The molecule has 1 amide bonds. The van der Waals surface area contributed by atoms with Gasteiger partial charge in [0.15, 0.2) is 21.3 Å². The average molecular weight is 447 g/mol. The first-order chi connectivity index (χ1) is 14.6. The van der Waals surface area contributed by atoms with Gasteiger partial charge in [-0.3, -0.25) is 0 Å². The van der Waals surface area contributed by atoms with Crippen LogP contribution in [-0.2, 0) is 14.6 Å². The van der Waals surface area contributed by atoms with Crippen molar-refractivity contribution in [3.8, 4) is 11.5 Å². The molecular weight excluding hydrogens is 420 g/mol. The van der Waals surface area contributed by atoms with Crippen molar-refractivity contribution in [2.75, 3.05) is 13.3 Å². The standard InChI is InChI=1S/C22H26N2O6S/c1-21(2,3)30-20(25)24-22(12-23)18(14-9-10-16-17(11-14)29-13-28-16)19(22)31(26,27)15-7-5-4-6-8-15/h4-11,18-19H,12-13,23H2,1-3H3,(H,24,25)/t18-,19+,22+/m1/s1. The summed E-state index contributed by atoms with van der Waals surface area (Å²) in [5, 5.41) is 1.82. The smallest absolute Gasteiger partial charge is 0.408 e. The number of hydrogen-bond acceptors (Lipinski definition) is 7. The van der Waals surface area contributed by atoms with Crippen molar-refractivity contribution >= 4 is 15.9 Å². The monoisotopic (exact) mass is 446 g/mol. The summed E-state index contributed by atoms with van der Waals surface area (Å²) in [4.78, 5) is 12.8. The van der Waals surface area contributed by atoms with E-state index in [2.05, 4.69) is 5.32 Å². The number of sulfone groups is 1. The lowest BCUT2D eigenvalue weighted by Crippen LogP contribution is -2.49. The van der Waals surface area contributed by atoms with Gasteiger partial charge in [-0.25, -0.2) is 13.2 Å². The maximum atomic E-state index is 13.5. The highest BCUT2D eigenvalue weighted by atomic mass is 32.2. The lowest BCUT2D eigenvalue weighted by atomic mass is 10.1. The molecule has 2 aromatic carbocycles. The van der Waals surface area contributed by atoms with E-state index in [1.54, 1.807) is 69.3 Å². The van der Waals surface area contributed by atoms with E-state index in [0.29, 0.717) is 17.1 Å². The van der Waals surface area contributed by atoms with Crippen LogP contribution in [0.5, 0.6) is 11.5 Å². The SMILES string of the molecule is CC(C)(C)OC(=O)N[C@@]1(CN)[C@H](c2ccc3c(c2)OCO3)[C@@H]1S(=O)(=O)c1ccccc1. The molecule has 0 spiro atoms. The fraction of sp³-hybridized carbons (Fsp3) is 0.409. The number of carbonyl (C=O) groups excluding carboxylic acids is 1. The number of benzene rings is 2. The van der Waals surface area contributed by atoms with Crippen LogP contribution in [0.15, 0.2) is 53.4 Å². The zero-order valence-electron chi connectivity index (χ0n) is 17.6. The van der Waals surface area contributed by atoms with Gasteiger partial charge in [-0.15, -0.1) is 0 Å². The first-order valence-corrected chi connectivity index (χ1v) is 11.5. The summed E-state index contributed by atoms with van der Waals surface area (Å²) in [5.41, 5.74) is 4.83. The number of carbonyl (C=O) groups is 1. The Morgan fingerprint density at radius 3 is 2.48 bits per heavy atom. The summed E-state index contributed by atoms with van der Waals surface area (Å²) in [7, 11) is -3.81. The van der Waals surface area contributed by atoms with Crippen molar-refractivity contribution in [2.45, 2.75) is 48.0 Å². The quantitative estimate of drug-likeness (QED) is 0.725. The maximum absolute atomic E-state index is 13.5. The van der Waals surface area contributed by atoms with Crippen LogP contribution in [0.3, 0.4) is 0 Å². The van der Waals surface area contributed by atoms with Crippen LogP contribution >= 0.6 is 0 Å². The molecule has 0 saturated heterocycles. The van der Waals surface area contributed by atoms with Gasteiger partial charge in [0, 0.05) is 12.5 Å². The number of nitrogens with one attached hydrogen (secondary N) is 1. The molecule has 0 unspecified atom stereocenters. The Balaban J connectivity index is 1.75. The van der Waals surface area contributed by atoms with Gasteiger partial charge in [0.25, 0.3) is 0 Å². The van der Waals surface area contributed by atoms with Crippen molar-refractivity contribution in [1.29, 1.82) is 0 Å².